The first-order valence-electron chi connectivity index (χ1n) is 8.90. The number of amides is 1. The quantitative estimate of drug-likeness (QED) is 0.830. The van der Waals surface area contributed by atoms with Crippen LogP contribution in [0.25, 0.3) is 0 Å². The number of carbonyl (C=O) groups is 1. The molecule has 1 amide bonds. The van der Waals surface area contributed by atoms with Crippen molar-refractivity contribution in [2.24, 2.45) is 5.41 Å². The van der Waals surface area contributed by atoms with Crippen molar-refractivity contribution in [2.45, 2.75) is 52.6 Å². The predicted molar refractivity (Wildman–Crippen MR) is 93.3 cm³/mol. The Balaban J connectivity index is 1.57. The van der Waals surface area contributed by atoms with Crippen molar-refractivity contribution < 1.29 is 14.1 Å². The molecule has 0 aliphatic heterocycles. The van der Waals surface area contributed by atoms with E-state index in [4.69, 9.17) is 9.26 Å². The molecular formula is C19H25N3O3. The van der Waals surface area contributed by atoms with Gasteiger partial charge in [0, 0.05) is 19.0 Å². The van der Waals surface area contributed by atoms with Crippen LogP contribution < -0.4 is 10.1 Å². The summed E-state index contributed by atoms with van der Waals surface area (Å²) in [5.74, 6) is 1.55. The van der Waals surface area contributed by atoms with Crippen LogP contribution in [0.5, 0.6) is 5.75 Å². The zero-order chi connectivity index (χ0) is 17.7. The highest BCUT2D eigenvalue weighted by atomic mass is 16.5. The number of hydrogen-bond acceptors (Lipinski definition) is 5. The molecule has 0 atom stereocenters. The molecule has 1 fully saturated rings. The van der Waals surface area contributed by atoms with E-state index in [1.807, 2.05) is 12.1 Å². The van der Waals surface area contributed by atoms with Gasteiger partial charge in [-0.05, 0) is 42.9 Å². The largest absolute Gasteiger partial charge is 0.485 e. The van der Waals surface area contributed by atoms with Gasteiger partial charge in [-0.1, -0.05) is 31.0 Å². The Morgan fingerprint density at radius 2 is 2.16 bits per heavy atom. The summed E-state index contributed by atoms with van der Waals surface area (Å²) >= 11 is 0. The van der Waals surface area contributed by atoms with E-state index < -0.39 is 0 Å². The van der Waals surface area contributed by atoms with Gasteiger partial charge in [0.15, 0.2) is 6.61 Å². The lowest BCUT2D eigenvalue weighted by atomic mass is 9.83. The highest BCUT2D eigenvalue weighted by Crippen LogP contribution is 2.40. The van der Waals surface area contributed by atoms with E-state index in [1.54, 1.807) is 19.1 Å². The van der Waals surface area contributed by atoms with Gasteiger partial charge in [0.1, 0.15) is 5.75 Å². The fourth-order valence-corrected chi connectivity index (χ4v) is 3.43. The average Bonchev–Trinajstić information content (AvgIpc) is 3.28. The van der Waals surface area contributed by atoms with Crippen molar-refractivity contribution in [3.63, 3.8) is 0 Å². The van der Waals surface area contributed by atoms with E-state index in [0.29, 0.717) is 23.0 Å². The number of benzene rings is 1. The minimum atomic E-state index is -0.0550. The van der Waals surface area contributed by atoms with Gasteiger partial charge in [-0.2, -0.15) is 4.98 Å². The number of carbonyl (C=O) groups excluding carboxylic acids is 1. The van der Waals surface area contributed by atoms with Crippen LogP contribution in [0.1, 0.15) is 61.1 Å². The molecule has 0 bridgehead atoms. The summed E-state index contributed by atoms with van der Waals surface area (Å²) in [7, 11) is 0. The van der Waals surface area contributed by atoms with Gasteiger partial charge < -0.3 is 14.6 Å². The molecule has 1 N–H and O–H groups in total. The topological polar surface area (TPSA) is 77.2 Å². The van der Waals surface area contributed by atoms with Gasteiger partial charge in [-0.3, -0.25) is 4.79 Å². The Hall–Kier alpha value is -2.37. The van der Waals surface area contributed by atoms with Crippen molar-refractivity contribution in [3.05, 3.63) is 41.5 Å². The lowest BCUT2D eigenvalue weighted by Crippen LogP contribution is -2.35. The molecule has 1 aromatic heterocycles. The molecule has 0 spiro atoms. The van der Waals surface area contributed by atoms with E-state index in [9.17, 15) is 4.79 Å². The zero-order valence-electron chi connectivity index (χ0n) is 14.9. The lowest BCUT2D eigenvalue weighted by molar-refractivity contribution is 0.0928. The Kier molecular flexibility index (Phi) is 5.36. The minimum Gasteiger partial charge on any atom is -0.485 e. The van der Waals surface area contributed by atoms with Crippen molar-refractivity contribution in [1.29, 1.82) is 0 Å². The summed E-state index contributed by atoms with van der Waals surface area (Å²) in [6, 6.07) is 7.18. The summed E-state index contributed by atoms with van der Waals surface area (Å²) in [6.07, 6.45) is 6.06. The molecule has 1 aliphatic carbocycles. The minimum absolute atomic E-state index is 0.0550. The standard InChI is InChI=1S/C19H25N3O3/c1-3-19(9-4-5-10-19)13-20-18(23)15-7-6-8-16(11-15)24-12-17-21-14(2)25-22-17/h6-8,11H,3-5,9-10,12-13H2,1-2H3,(H,20,23). The molecule has 0 radical (unpaired) electrons. The van der Waals surface area contributed by atoms with E-state index in [0.717, 1.165) is 13.0 Å². The molecule has 6 nitrogen and oxygen atoms in total. The van der Waals surface area contributed by atoms with Crippen LogP contribution in [0.4, 0.5) is 0 Å². The third-order valence-electron chi connectivity index (χ3n) is 5.07. The smallest absolute Gasteiger partial charge is 0.251 e. The summed E-state index contributed by atoms with van der Waals surface area (Å²) in [5.41, 5.74) is 0.881. The number of ether oxygens (including phenoxy) is 1. The molecule has 6 heteroatoms. The number of aromatic nitrogens is 2. The molecule has 0 saturated heterocycles. The SMILES string of the molecule is CCC1(CNC(=O)c2cccc(OCc3noc(C)n3)c2)CCCC1. The Morgan fingerprint density at radius 1 is 1.36 bits per heavy atom. The van der Waals surface area contributed by atoms with E-state index in [2.05, 4.69) is 22.4 Å². The molecule has 134 valence electrons. The molecule has 1 heterocycles. The third-order valence-corrected chi connectivity index (χ3v) is 5.07. The second kappa shape index (κ2) is 7.68. The molecule has 25 heavy (non-hydrogen) atoms. The number of nitrogens with one attached hydrogen (secondary N) is 1. The Morgan fingerprint density at radius 3 is 2.84 bits per heavy atom. The van der Waals surface area contributed by atoms with E-state index >= 15 is 0 Å². The molecule has 0 unspecified atom stereocenters. The fraction of sp³-hybridized carbons (Fsp3) is 0.526. The van der Waals surface area contributed by atoms with Crippen molar-refractivity contribution in [2.75, 3.05) is 6.54 Å². The third kappa shape index (κ3) is 4.38. The zero-order valence-corrected chi connectivity index (χ0v) is 14.9. The van der Waals surface area contributed by atoms with Gasteiger partial charge in [0.25, 0.3) is 5.91 Å². The first kappa shape index (κ1) is 17.5. The van der Waals surface area contributed by atoms with Crippen LogP contribution in [0.3, 0.4) is 0 Å². The summed E-state index contributed by atoms with van der Waals surface area (Å²) < 4.78 is 10.6. The van der Waals surface area contributed by atoms with Crippen LogP contribution in [0.15, 0.2) is 28.8 Å². The maximum atomic E-state index is 12.5. The first-order valence-corrected chi connectivity index (χ1v) is 8.90. The van der Waals surface area contributed by atoms with Crippen LogP contribution >= 0.6 is 0 Å². The van der Waals surface area contributed by atoms with Gasteiger partial charge in [0.05, 0.1) is 0 Å². The van der Waals surface area contributed by atoms with Gasteiger partial charge in [0.2, 0.25) is 11.7 Å². The highest BCUT2D eigenvalue weighted by molar-refractivity contribution is 5.94. The van der Waals surface area contributed by atoms with Gasteiger partial charge in [-0.15, -0.1) is 0 Å². The number of hydrogen-bond donors (Lipinski definition) is 1. The van der Waals surface area contributed by atoms with Crippen molar-refractivity contribution >= 4 is 5.91 Å². The molecule has 1 aliphatic rings. The number of aryl methyl sites for hydroxylation is 1. The van der Waals surface area contributed by atoms with Gasteiger partial charge >= 0.3 is 0 Å². The highest BCUT2D eigenvalue weighted by Gasteiger charge is 2.32. The Labute approximate surface area is 148 Å². The van der Waals surface area contributed by atoms with Crippen molar-refractivity contribution in [1.82, 2.24) is 15.5 Å². The van der Waals surface area contributed by atoms with E-state index in [-0.39, 0.29) is 17.9 Å². The normalized spacial score (nSPS) is 15.9. The van der Waals surface area contributed by atoms with Crippen LogP contribution in [-0.4, -0.2) is 22.6 Å². The van der Waals surface area contributed by atoms with Crippen LogP contribution in [0, 0.1) is 12.3 Å². The molecule has 3 rings (SSSR count). The average molecular weight is 343 g/mol. The predicted octanol–water partition coefficient (Wildman–Crippen LogP) is 3.66. The van der Waals surface area contributed by atoms with Crippen LogP contribution in [-0.2, 0) is 6.61 Å². The van der Waals surface area contributed by atoms with E-state index in [1.165, 1.54) is 25.7 Å². The summed E-state index contributed by atoms with van der Waals surface area (Å²) in [4.78, 5) is 16.6. The number of nitrogens with zero attached hydrogens (tertiary/aromatic N) is 2. The molecular weight excluding hydrogens is 318 g/mol. The first-order chi connectivity index (χ1) is 12.1. The summed E-state index contributed by atoms with van der Waals surface area (Å²) in [5, 5.41) is 6.89. The number of rotatable bonds is 7. The Bertz CT molecular complexity index is 720. The van der Waals surface area contributed by atoms with Crippen molar-refractivity contribution in [3.8, 4) is 5.75 Å². The fourth-order valence-electron chi connectivity index (χ4n) is 3.43. The maximum Gasteiger partial charge on any atom is 0.251 e. The molecule has 2 aromatic rings. The van der Waals surface area contributed by atoms with Gasteiger partial charge in [-0.25, -0.2) is 0 Å². The summed E-state index contributed by atoms with van der Waals surface area (Å²) in [6.45, 7) is 4.90. The maximum absolute atomic E-state index is 12.5. The monoisotopic (exact) mass is 343 g/mol. The second-order valence-corrected chi connectivity index (χ2v) is 6.79. The molecule has 1 aromatic carbocycles. The second-order valence-electron chi connectivity index (χ2n) is 6.79. The molecule has 1 saturated carbocycles. The lowest BCUT2D eigenvalue weighted by Gasteiger charge is -2.27. The van der Waals surface area contributed by atoms with Crippen LogP contribution in [0.2, 0.25) is 0 Å².